The third kappa shape index (κ3) is 2.16. The fourth-order valence-electron chi connectivity index (χ4n) is 3.52. The van der Waals surface area contributed by atoms with Crippen LogP contribution < -0.4 is 10.5 Å². The highest BCUT2D eigenvalue weighted by atomic mass is 16.3. The van der Waals surface area contributed by atoms with Crippen molar-refractivity contribution in [1.29, 1.82) is 0 Å². The molecule has 104 valence electrons. The third-order valence-electron chi connectivity index (χ3n) is 4.31. The molecule has 2 atom stereocenters. The fourth-order valence-corrected chi connectivity index (χ4v) is 3.52. The predicted molar refractivity (Wildman–Crippen MR) is 73.3 cm³/mol. The molecule has 1 N–H and O–H groups in total. The molecule has 2 fully saturated rings. The van der Waals surface area contributed by atoms with E-state index in [9.17, 15) is 9.90 Å². The number of rotatable bonds is 3. The molecule has 1 aromatic rings. The zero-order valence-corrected chi connectivity index (χ0v) is 11.3. The zero-order chi connectivity index (χ0) is 13.4. The second kappa shape index (κ2) is 4.96. The summed E-state index contributed by atoms with van der Waals surface area (Å²) in [7, 11) is 0. The lowest BCUT2D eigenvalue weighted by Gasteiger charge is -2.37. The maximum absolute atomic E-state index is 12.5. The third-order valence-corrected chi connectivity index (χ3v) is 4.31. The molecule has 0 saturated carbocycles. The van der Waals surface area contributed by atoms with E-state index in [-0.39, 0.29) is 23.7 Å². The minimum atomic E-state index is -0.213. The van der Waals surface area contributed by atoms with Gasteiger partial charge in [0.25, 0.3) is 5.56 Å². The van der Waals surface area contributed by atoms with Crippen LogP contribution in [0.4, 0.5) is 5.82 Å². The Labute approximate surface area is 112 Å². The number of piperidine rings is 1. The van der Waals surface area contributed by atoms with Gasteiger partial charge in [-0.05, 0) is 32.1 Å². The average molecular weight is 263 g/mol. The summed E-state index contributed by atoms with van der Waals surface area (Å²) in [6.45, 7) is 2.80. The molecule has 19 heavy (non-hydrogen) atoms. The molecule has 2 aliphatic heterocycles. The molecule has 2 saturated heterocycles. The summed E-state index contributed by atoms with van der Waals surface area (Å²) >= 11 is 0. The highest BCUT2D eigenvalue weighted by Gasteiger charge is 2.41. The van der Waals surface area contributed by atoms with Gasteiger partial charge in [0, 0.05) is 31.0 Å². The molecule has 3 rings (SSSR count). The van der Waals surface area contributed by atoms with Gasteiger partial charge in [-0.1, -0.05) is 6.92 Å². The van der Waals surface area contributed by atoms with Gasteiger partial charge < -0.3 is 14.6 Å². The van der Waals surface area contributed by atoms with Crippen molar-refractivity contribution in [2.24, 2.45) is 0 Å². The second-order valence-corrected chi connectivity index (χ2v) is 5.67. The molecule has 0 aliphatic carbocycles. The van der Waals surface area contributed by atoms with Crippen LogP contribution in [0.3, 0.4) is 0 Å². The standard InChI is InChI=1S/C14H21N3O2/c1-2-6-16-7-5-15-13(14(16)19)17-10-3-4-11(17)9-12(18)8-10/h5,7,10-12,18H,2-4,6,8-9H2,1H3. The fraction of sp³-hybridized carbons (Fsp3) is 0.714. The molecule has 0 spiro atoms. The van der Waals surface area contributed by atoms with Crippen LogP contribution in [0.25, 0.3) is 0 Å². The molecule has 0 aromatic carbocycles. The van der Waals surface area contributed by atoms with Crippen molar-refractivity contribution in [2.45, 2.75) is 63.8 Å². The molecule has 3 heterocycles. The van der Waals surface area contributed by atoms with Gasteiger partial charge in [0.05, 0.1) is 6.10 Å². The summed E-state index contributed by atoms with van der Waals surface area (Å²) in [6, 6.07) is 0.567. The van der Waals surface area contributed by atoms with Crippen molar-refractivity contribution in [3.8, 4) is 0 Å². The van der Waals surface area contributed by atoms with Crippen molar-refractivity contribution >= 4 is 5.82 Å². The van der Waals surface area contributed by atoms with Crippen LogP contribution in [0.5, 0.6) is 0 Å². The van der Waals surface area contributed by atoms with E-state index in [0.717, 1.165) is 38.6 Å². The molecule has 5 nitrogen and oxygen atoms in total. The number of hydrogen-bond donors (Lipinski definition) is 1. The normalized spacial score (nSPS) is 29.8. The Morgan fingerprint density at radius 3 is 2.68 bits per heavy atom. The Bertz CT molecular complexity index is 500. The Morgan fingerprint density at radius 1 is 1.37 bits per heavy atom. The smallest absolute Gasteiger partial charge is 0.293 e. The lowest BCUT2D eigenvalue weighted by molar-refractivity contribution is 0.126. The summed E-state index contributed by atoms with van der Waals surface area (Å²) in [6.07, 6.45) is 7.86. The Hall–Kier alpha value is -1.36. The topological polar surface area (TPSA) is 58.4 Å². The summed E-state index contributed by atoms with van der Waals surface area (Å²) in [5.41, 5.74) is 0.0117. The Kier molecular flexibility index (Phi) is 3.31. The number of fused-ring (bicyclic) bond motifs is 2. The van der Waals surface area contributed by atoms with E-state index in [1.165, 1.54) is 0 Å². The van der Waals surface area contributed by atoms with Gasteiger partial charge in [0.1, 0.15) is 0 Å². The van der Waals surface area contributed by atoms with Gasteiger partial charge in [0.2, 0.25) is 0 Å². The number of aliphatic hydroxyl groups excluding tert-OH is 1. The van der Waals surface area contributed by atoms with Crippen molar-refractivity contribution in [2.75, 3.05) is 4.90 Å². The van der Waals surface area contributed by atoms with E-state index < -0.39 is 0 Å². The van der Waals surface area contributed by atoms with E-state index in [4.69, 9.17) is 0 Å². The molecule has 1 aromatic heterocycles. The number of aliphatic hydroxyl groups is 1. The van der Waals surface area contributed by atoms with Gasteiger partial charge in [-0.25, -0.2) is 4.98 Å². The molecule has 2 aliphatic rings. The molecule has 0 amide bonds. The SMILES string of the molecule is CCCn1ccnc(N2C3CCC2CC(O)C3)c1=O. The van der Waals surface area contributed by atoms with Gasteiger partial charge in [-0.15, -0.1) is 0 Å². The minimum Gasteiger partial charge on any atom is -0.393 e. The highest BCUT2D eigenvalue weighted by Crippen LogP contribution is 2.37. The first-order chi connectivity index (χ1) is 9.20. The monoisotopic (exact) mass is 263 g/mol. The highest BCUT2D eigenvalue weighted by molar-refractivity contribution is 5.42. The minimum absolute atomic E-state index is 0.0117. The van der Waals surface area contributed by atoms with Crippen molar-refractivity contribution < 1.29 is 5.11 Å². The largest absolute Gasteiger partial charge is 0.393 e. The maximum atomic E-state index is 12.5. The van der Waals surface area contributed by atoms with Gasteiger partial charge in [-0.3, -0.25) is 4.79 Å². The first-order valence-electron chi connectivity index (χ1n) is 7.22. The summed E-state index contributed by atoms with van der Waals surface area (Å²) in [5, 5.41) is 9.83. The average Bonchev–Trinajstić information content (AvgIpc) is 2.65. The van der Waals surface area contributed by atoms with Gasteiger partial charge in [-0.2, -0.15) is 0 Å². The van der Waals surface area contributed by atoms with Crippen LogP contribution in [0.1, 0.15) is 39.0 Å². The van der Waals surface area contributed by atoms with Crippen LogP contribution in [0.2, 0.25) is 0 Å². The maximum Gasteiger partial charge on any atom is 0.293 e. The first kappa shape index (κ1) is 12.7. The van der Waals surface area contributed by atoms with Crippen molar-refractivity contribution in [3.63, 3.8) is 0 Å². The number of hydrogen-bond acceptors (Lipinski definition) is 4. The number of nitrogens with zero attached hydrogens (tertiary/aromatic N) is 3. The first-order valence-corrected chi connectivity index (χ1v) is 7.22. The quantitative estimate of drug-likeness (QED) is 0.888. The lowest BCUT2D eigenvalue weighted by Crippen LogP contribution is -2.48. The van der Waals surface area contributed by atoms with E-state index in [1.54, 1.807) is 17.0 Å². The van der Waals surface area contributed by atoms with Crippen LogP contribution >= 0.6 is 0 Å². The predicted octanol–water partition coefficient (Wildman–Crippen LogP) is 1.15. The molecule has 5 heteroatoms. The second-order valence-electron chi connectivity index (χ2n) is 5.67. The van der Waals surface area contributed by atoms with E-state index in [1.807, 2.05) is 0 Å². The van der Waals surface area contributed by atoms with Crippen LogP contribution in [0, 0.1) is 0 Å². The number of aryl methyl sites for hydroxylation is 1. The molecule has 2 unspecified atom stereocenters. The van der Waals surface area contributed by atoms with E-state index in [2.05, 4.69) is 16.8 Å². The van der Waals surface area contributed by atoms with E-state index in [0.29, 0.717) is 5.82 Å². The Balaban J connectivity index is 1.95. The van der Waals surface area contributed by atoms with Crippen LogP contribution in [-0.4, -0.2) is 32.8 Å². The number of anilines is 1. The summed E-state index contributed by atoms with van der Waals surface area (Å²) in [5.74, 6) is 0.579. The van der Waals surface area contributed by atoms with Crippen molar-refractivity contribution in [1.82, 2.24) is 9.55 Å². The van der Waals surface area contributed by atoms with Crippen LogP contribution in [-0.2, 0) is 6.54 Å². The number of aromatic nitrogens is 2. The molecular formula is C14H21N3O2. The summed E-state index contributed by atoms with van der Waals surface area (Å²) in [4.78, 5) is 18.9. The molecule has 0 radical (unpaired) electrons. The van der Waals surface area contributed by atoms with Crippen molar-refractivity contribution in [3.05, 3.63) is 22.7 Å². The van der Waals surface area contributed by atoms with Crippen LogP contribution in [0.15, 0.2) is 17.2 Å². The Morgan fingerprint density at radius 2 is 2.05 bits per heavy atom. The van der Waals surface area contributed by atoms with Gasteiger partial charge >= 0.3 is 0 Å². The molecular weight excluding hydrogens is 242 g/mol. The molecule has 2 bridgehead atoms. The van der Waals surface area contributed by atoms with E-state index >= 15 is 0 Å². The van der Waals surface area contributed by atoms with Gasteiger partial charge in [0.15, 0.2) is 5.82 Å². The summed E-state index contributed by atoms with van der Waals surface area (Å²) < 4.78 is 1.74. The zero-order valence-electron chi connectivity index (χ0n) is 11.3. The lowest BCUT2D eigenvalue weighted by atomic mass is 10.00.